The number of nitrogens with one attached hydrogen (secondary N) is 1. The van der Waals surface area contributed by atoms with Crippen molar-refractivity contribution in [2.24, 2.45) is 0 Å². The molecule has 1 heterocycles. The van der Waals surface area contributed by atoms with Crippen molar-refractivity contribution >= 4 is 5.91 Å². The van der Waals surface area contributed by atoms with E-state index in [4.69, 9.17) is 9.26 Å². The lowest BCUT2D eigenvalue weighted by atomic mass is 9.98. The highest BCUT2D eigenvalue weighted by molar-refractivity contribution is 5.79. The second-order valence-corrected chi connectivity index (χ2v) is 8.27. The molecule has 186 valence electrons. The summed E-state index contributed by atoms with van der Waals surface area (Å²) in [5.41, 5.74) is 4.16. The Bertz CT molecular complexity index is 1250. The summed E-state index contributed by atoms with van der Waals surface area (Å²) in [6.45, 7) is 1.16. The zero-order valence-corrected chi connectivity index (χ0v) is 19.9. The summed E-state index contributed by atoms with van der Waals surface area (Å²) in [4.78, 5) is 12.9. The van der Waals surface area contributed by atoms with Crippen molar-refractivity contribution in [2.75, 3.05) is 0 Å². The molecule has 0 fully saturated rings. The highest BCUT2D eigenvalue weighted by atomic mass is 19.3. The molecule has 0 saturated heterocycles. The predicted octanol–water partition coefficient (Wildman–Crippen LogP) is 5.92. The van der Waals surface area contributed by atoms with E-state index >= 15 is 0 Å². The lowest BCUT2D eigenvalue weighted by Crippen LogP contribution is -2.30. The molecule has 1 atom stereocenters. The summed E-state index contributed by atoms with van der Waals surface area (Å²) in [5.74, 6) is 1.28. The van der Waals surface area contributed by atoms with E-state index in [9.17, 15) is 13.6 Å². The average Bonchev–Trinajstić information content (AvgIpc) is 3.20. The summed E-state index contributed by atoms with van der Waals surface area (Å²) in [5, 5.41) is 6.97. The first-order valence-electron chi connectivity index (χ1n) is 11.4. The molecule has 36 heavy (non-hydrogen) atoms. The maximum absolute atomic E-state index is 12.9. The Hall–Kier alpha value is -4.20. The fraction of sp³-hybridized carbons (Fsp3) is 0.214. The maximum atomic E-state index is 12.9. The number of benzene rings is 3. The molecule has 3 aromatic carbocycles. The number of halogens is 2. The highest BCUT2D eigenvalue weighted by Gasteiger charge is 2.18. The van der Waals surface area contributed by atoms with Gasteiger partial charge in [0.2, 0.25) is 5.91 Å². The molecule has 0 unspecified atom stereocenters. The van der Waals surface area contributed by atoms with E-state index in [-0.39, 0.29) is 18.1 Å². The quantitative estimate of drug-likeness (QED) is 0.298. The number of rotatable bonds is 10. The zero-order valence-electron chi connectivity index (χ0n) is 19.9. The second kappa shape index (κ2) is 11.5. The van der Waals surface area contributed by atoms with Crippen molar-refractivity contribution in [1.82, 2.24) is 10.5 Å². The number of amides is 1. The molecule has 0 aliphatic carbocycles. The lowest BCUT2D eigenvalue weighted by Gasteiger charge is -2.20. The van der Waals surface area contributed by atoms with Crippen LogP contribution in [0, 0.1) is 13.8 Å². The average molecular weight is 493 g/mol. The van der Waals surface area contributed by atoms with E-state index in [2.05, 4.69) is 15.2 Å². The molecular weight excluding hydrogens is 466 g/mol. The third-order valence-corrected chi connectivity index (χ3v) is 5.73. The van der Waals surface area contributed by atoms with Crippen molar-refractivity contribution in [2.45, 2.75) is 39.5 Å². The van der Waals surface area contributed by atoms with Crippen LogP contribution in [0.15, 0.2) is 83.4 Å². The normalized spacial score (nSPS) is 11.8. The van der Waals surface area contributed by atoms with Crippen molar-refractivity contribution in [3.8, 4) is 11.5 Å². The Balaban J connectivity index is 1.41. The van der Waals surface area contributed by atoms with Crippen LogP contribution in [0.5, 0.6) is 11.5 Å². The van der Waals surface area contributed by atoms with Crippen LogP contribution in [0.3, 0.4) is 0 Å². The van der Waals surface area contributed by atoms with E-state index in [1.54, 1.807) is 12.1 Å². The van der Waals surface area contributed by atoms with Gasteiger partial charge in [0.15, 0.2) is 0 Å². The van der Waals surface area contributed by atoms with E-state index in [1.807, 2.05) is 68.4 Å². The third kappa shape index (κ3) is 6.47. The minimum absolute atomic E-state index is 0.0588. The van der Waals surface area contributed by atoms with Gasteiger partial charge in [0, 0.05) is 0 Å². The third-order valence-electron chi connectivity index (χ3n) is 5.73. The Morgan fingerprint density at radius 1 is 0.917 bits per heavy atom. The standard InChI is InChI=1S/C28H26F2N2O4/c1-18-25(19(2)36-32-18)17-34-23-12-8-20(9-13-23)16-26(33)31-27(21-6-4-3-5-7-21)22-10-14-24(15-11-22)35-28(29)30/h3-15,27-28H,16-17H2,1-2H3,(H,31,33)/t27-/m1/s1. The van der Waals surface area contributed by atoms with Crippen LogP contribution >= 0.6 is 0 Å². The van der Waals surface area contributed by atoms with E-state index in [1.165, 1.54) is 12.1 Å². The van der Waals surface area contributed by atoms with Crippen molar-refractivity contribution in [1.29, 1.82) is 0 Å². The van der Waals surface area contributed by atoms with Gasteiger partial charge in [0.1, 0.15) is 23.9 Å². The van der Waals surface area contributed by atoms with Crippen LogP contribution in [-0.4, -0.2) is 17.7 Å². The second-order valence-electron chi connectivity index (χ2n) is 8.27. The molecule has 0 spiro atoms. The fourth-order valence-electron chi connectivity index (χ4n) is 3.81. The van der Waals surface area contributed by atoms with E-state index in [0.29, 0.717) is 12.4 Å². The monoisotopic (exact) mass is 492 g/mol. The van der Waals surface area contributed by atoms with Gasteiger partial charge in [0.05, 0.1) is 23.7 Å². The number of hydrogen-bond acceptors (Lipinski definition) is 5. The minimum atomic E-state index is -2.90. The van der Waals surface area contributed by atoms with Crippen LogP contribution in [0.1, 0.15) is 39.7 Å². The Morgan fingerprint density at radius 2 is 1.56 bits per heavy atom. The van der Waals surface area contributed by atoms with Gasteiger partial charge in [-0.1, -0.05) is 59.8 Å². The first-order chi connectivity index (χ1) is 17.4. The molecule has 4 rings (SSSR count). The molecule has 0 saturated carbocycles. The summed E-state index contributed by atoms with van der Waals surface area (Å²) in [6, 6.07) is 22.6. The van der Waals surface area contributed by atoms with Gasteiger partial charge in [-0.2, -0.15) is 8.78 Å². The number of carbonyl (C=O) groups excluding carboxylic acids is 1. The molecular formula is C28H26F2N2O4. The SMILES string of the molecule is Cc1noc(C)c1COc1ccc(CC(=O)N[C@H](c2ccccc2)c2ccc(OC(F)F)cc2)cc1. The number of carbonyl (C=O) groups is 1. The topological polar surface area (TPSA) is 73.6 Å². The van der Waals surface area contributed by atoms with Crippen molar-refractivity contribution in [3.05, 3.63) is 113 Å². The van der Waals surface area contributed by atoms with Gasteiger partial charge in [-0.05, 0) is 54.8 Å². The van der Waals surface area contributed by atoms with Gasteiger partial charge < -0.3 is 19.3 Å². The van der Waals surface area contributed by atoms with Crippen LogP contribution < -0.4 is 14.8 Å². The van der Waals surface area contributed by atoms with Crippen LogP contribution in [0.25, 0.3) is 0 Å². The molecule has 0 aliphatic rings. The molecule has 8 heteroatoms. The van der Waals surface area contributed by atoms with E-state index < -0.39 is 12.7 Å². The fourth-order valence-corrected chi connectivity index (χ4v) is 3.81. The number of ether oxygens (including phenoxy) is 2. The van der Waals surface area contributed by atoms with Gasteiger partial charge in [-0.3, -0.25) is 4.79 Å². The number of hydrogen-bond donors (Lipinski definition) is 1. The van der Waals surface area contributed by atoms with Gasteiger partial charge >= 0.3 is 6.61 Å². The van der Waals surface area contributed by atoms with Crippen LogP contribution in [0.2, 0.25) is 0 Å². The summed E-state index contributed by atoms with van der Waals surface area (Å²) >= 11 is 0. The van der Waals surface area contributed by atoms with Crippen LogP contribution in [0.4, 0.5) is 8.78 Å². The summed E-state index contributed by atoms with van der Waals surface area (Å²) < 4.78 is 40.4. The van der Waals surface area contributed by atoms with Gasteiger partial charge in [-0.15, -0.1) is 0 Å². The largest absolute Gasteiger partial charge is 0.489 e. The number of aryl methyl sites for hydroxylation is 2. The summed E-state index contributed by atoms with van der Waals surface area (Å²) in [7, 11) is 0. The molecule has 0 radical (unpaired) electrons. The number of alkyl halides is 2. The number of aromatic nitrogens is 1. The molecule has 1 N–H and O–H groups in total. The zero-order chi connectivity index (χ0) is 25.5. The highest BCUT2D eigenvalue weighted by Crippen LogP contribution is 2.25. The van der Waals surface area contributed by atoms with Gasteiger partial charge in [-0.25, -0.2) is 0 Å². The van der Waals surface area contributed by atoms with Crippen molar-refractivity contribution in [3.63, 3.8) is 0 Å². The van der Waals surface area contributed by atoms with Crippen LogP contribution in [-0.2, 0) is 17.8 Å². The molecule has 4 aromatic rings. The van der Waals surface area contributed by atoms with Gasteiger partial charge in [0.25, 0.3) is 0 Å². The minimum Gasteiger partial charge on any atom is -0.489 e. The molecule has 6 nitrogen and oxygen atoms in total. The maximum Gasteiger partial charge on any atom is 0.387 e. The van der Waals surface area contributed by atoms with Crippen molar-refractivity contribution < 1.29 is 27.6 Å². The van der Waals surface area contributed by atoms with E-state index in [0.717, 1.165) is 33.7 Å². The molecule has 0 bridgehead atoms. The predicted molar refractivity (Wildman–Crippen MR) is 130 cm³/mol. The Labute approximate surface area is 207 Å². The molecule has 1 amide bonds. The Kier molecular flexibility index (Phi) is 7.95. The smallest absolute Gasteiger partial charge is 0.387 e. The Morgan fingerprint density at radius 3 is 2.17 bits per heavy atom. The molecule has 1 aromatic heterocycles. The first-order valence-corrected chi connectivity index (χ1v) is 11.4. The first kappa shape index (κ1) is 24.9. The molecule has 0 aliphatic heterocycles. The summed E-state index contributed by atoms with van der Waals surface area (Å²) in [6.07, 6.45) is 0.167. The number of nitrogens with zero attached hydrogens (tertiary/aromatic N) is 1. The lowest BCUT2D eigenvalue weighted by molar-refractivity contribution is -0.120.